The third-order valence-electron chi connectivity index (χ3n) is 1.94. The van der Waals surface area contributed by atoms with Gasteiger partial charge in [-0.15, -0.1) is 0 Å². The highest BCUT2D eigenvalue weighted by molar-refractivity contribution is 7.90. The molecule has 1 aromatic heterocycles. The third kappa shape index (κ3) is 4.84. The number of sulfone groups is 1. The first-order valence-corrected chi connectivity index (χ1v) is 7.37. The van der Waals surface area contributed by atoms with Crippen LogP contribution in [0.25, 0.3) is 0 Å². The number of rotatable bonds is 5. The van der Waals surface area contributed by atoms with Crippen molar-refractivity contribution in [3.8, 4) is 0 Å². The molecule has 0 aromatic carbocycles. The highest BCUT2D eigenvalue weighted by Gasteiger charge is 2.14. The van der Waals surface area contributed by atoms with Gasteiger partial charge in [-0.05, 0) is 6.92 Å². The minimum absolute atomic E-state index is 0.0294. The van der Waals surface area contributed by atoms with Gasteiger partial charge in [-0.1, -0.05) is 11.6 Å². The van der Waals surface area contributed by atoms with Crippen LogP contribution in [0, 0.1) is 10.1 Å². The van der Waals surface area contributed by atoms with E-state index in [0.717, 1.165) is 12.3 Å². The molecule has 1 rings (SSSR count). The number of aromatic nitrogens is 1. The van der Waals surface area contributed by atoms with E-state index in [1.807, 2.05) is 0 Å². The monoisotopic (exact) mass is 293 g/mol. The Morgan fingerprint density at radius 1 is 1.56 bits per heavy atom. The summed E-state index contributed by atoms with van der Waals surface area (Å²) < 4.78 is 22.2. The van der Waals surface area contributed by atoms with E-state index in [1.165, 1.54) is 6.07 Å². The Bertz CT molecular complexity index is 561. The second kappa shape index (κ2) is 5.49. The van der Waals surface area contributed by atoms with Crippen LogP contribution in [0.4, 0.5) is 11.5 Å². The highest BCUT2D eigenvalue weighted by atomic mass is 35.5. The van der Waals surface area contributed by atoms with Crippen LogP contribution in [0.1, 0.15) is 6.92 Å². The van der Waals surface area contributed by atoms with Crippen LogP contribution in [0.2, 0.25) is 5.15 Å². The van der Waals surface area contributed by atoms with Gasteiger partial charge in [0.1, 0.15) is 20.8 Å². The molecule has 1 aromatic rings. The number of anilines is 1. The lowest BCUT2D eigenvalue weighted by atomic mass is 10.3. The molecule has 0 aliphatic heterocycles. The zero-order valence-electron chi connectivity index (χ0n) is 9.75. The zero-order valence-corrected chi connectivity index (χ0v) is 11.3. The molecule has 0 saturated carbocycles. The van der Waals surface area contributed by atoms with E-state index in [0.29, 0.717) is 0 Å². The zero-order chi connectivity index (χ0) is 13.9. The second-order valence-corrected chi connectivity index (χ2v) is 6.50. The highest BCUT2D eigenvalue weighted by Crippen LogP contribution is 2.21. The summed E-state index contributed by atoms with van der Waals surface area (Å²) in [5, 5.41) is 13.3. The lowest BCUT2D eigenvalue weighted by Gasteiger charge is -2.13. The van der Waals surface area contributed by atoms with Gasteiger partial charge in [0.2, 0.25) is 0 Å². The number of hydrogen-bond acceptors (Lipinski definition) is 6. The minimum atomic E-state index is -3.14. The number of nitrogens with one attached hydrogen (secondary N) is 1. The van der Waals surface area contributed by atoms with Crippen LogP contribution in [0.3, 0.4) is 0 Å². The van der Waals surface area contributed by atoms with Crippen LogP contribution in [-0.2, 0) is 9.84 Å². The average Bonchev–Trinajstić information content (AvgIpc) is 2.12. The summed E-state index contributed by atoms with van der Waals surface area (Å²) in [6, 6.07) is 1.89. The largest absolute Gasteiger partial charge is 0.366 e. The molecule has 1 N–H and O–H groups in total. The van der Waals surface area contributed by atoms with E-state index in [2.05, 4.69) is 10.3 Å². The van der Waals surface area contributed by atoms with Gasteiger partial charge in [0.25, 0.3) is 5.69 Å². The van der Waals surface area contributed by atoms with E-state index >= 15 is 0 Å². The van der Waals surface area contributed by atoms with E-state index in [9.17, 15) is 18.5 Å². The van der Waals surface area contributed by atoms with Gasteiger partial charge >= 0.3 is 0 Å². The minimum Gasteiger partial charge on any atom is -0.366 e. The van der Waals surface area contributed by atoms with Crippen LogP contribution in [-0.4, -0.2) is 36.4 Å². The Hall–Kier alpha value is -1.41. The number of nitrogens with zero attached hydrogens (tertiary/aromatic N) is 2. The lowest BCUT2D eigenvalue weighted by molar-refractivity contribution is -0.384. The molecule has 0 aliphatic rings. The summed E-state index contributed by atoms with van der Waals surface area (Å²) in [7, 11) is -3.14. The van der Waals surface area contributed by atoms with Crippen molar-refractivity contribution in [2.24, 2.45) is 0 Å². The smallest absolute Gasteiger partial charge is 0.276 e. The molecule has 1 atom stereocenters. The molecule has 0 aliphatic carbocycles. The summed E-state index contributed by atoms with van der Waals surface area (Å²) >= 11 is 5.64. The third-order valence-corrected chi connectivity index (χ3v) is 3.24. The molecule has 0 spiro atoms. The Balaban J connectivity index is 2.88. The number of pyridine rings is 1. The van der Waals surface area contributed by atoms with Crippen molar-refractivity contribution in [3.63, 3.8) is 0 Å². The van der Waals surface area contributed by atoms with Crippen molar-refractivity contribution in [2.75, 3.05) is 17.3 Å². The molecule has 7 nitrogen and oxygen atoms in total. The molecular weight excluding hydrogens is 282 g/mol. The van der Waals surface area contributed by atoms with Crippen molar-refractivity contribution in [2.45, 2.75) is 13.0 Å². The summed E-state index contributed by atoms with van der Waals surface area (Å²) in [6.45, 7) is 1.63. The molecule has 0 radical (unpaired) electrons. The van der Waals surface area contributed by atoms with Crippen molar-refractivity contribution in [3.05, 3.63) is 27.4 Å². The molecular formula is C9H12ClN3O4S. The molecule has 0 bridgehead atoms. The molecule has 18 heavy (non-hydrogen) atoms. The van der Waals surface area contributed by atoms with Crippen LogP contribution >= 0.6 is 11.6 Å². The van der Waals surface area contributed by atoms with Crippen LogP contribution in [0.5, 0.6) is 0 Å². The fraction of sp³-hybridized carbons (Fsp3) is 0.444. The molecule has 0 saturated heterocycles. The molecule has 100 valence electrons. The maximum Gasteiger partial charge on any atom is 0.276 e. The predicted molar refractivity (Wildman–Crippen MR) is 68.7 cm³/mol. The Morgan fingerprint density at radius 3 is 2.67 bits per heavy atom. The summed E-state index contributed by atoms with van der Waals surface area (Å²) in [5.41, 5.74) is -0.205. The Morgan fingerprint density at radius 2 is 2.17 bits per heavy atom. The van der Waals surface area contributed by atoms with Gasteiger partial charge < -0.3 is 5.32 Å². The van der Waals surface area contributed by atoms with Crippen LogP contribution < -0.4 is 5.32 Å². The Labute approximate surface area is 109 Å². The van der Waals surface area contributed by atoms with Gasteiger partial charge in [-0.3, -0.25) is 10.1 Å². The van der Waals surface area contributed by atoms with Crippen molar-refractivity contribution >= 4 is 32.9 Å². The predicted octanol–water partition coefficient (Wildman–Crippen LogP) is 1.49. The molecule has 0 fully saturated rings. The molecule has 1 heterocycles. The summed E-state index contributed by atoms with van der Waals surface area (Å²) in [4.78, 5) is 13.9. The maximum absolute atomic E-state index is 11.1. The van der Waals surface area contributed by atoms with Gasteiger partial charge in [0, 0.05) is 12.3 Å². The number of halogens is 1. The maximum atomic E-state index is 11.1. The van der Waals surface area contributed by atoms with Gasteiger partial charge in [-0.2, -0.15) is 0 Å². The van der Waals surface area contributed by atoms with Crippen molar-refractivity contribution in [1.82, 2.24) is 4.98 Å². The topological polar surface area (TPSA) is 102 Å². The van der Waals surface area contributed by atoms with Crippen molar-refractivity contribution in [1.29, 1.82) is 0 Å². The average molecular weight is 294 g/mol. The summed E-state index contributed by atoms with van der Waals surface area (Å²) in [6.07, 6.45) is 1.11. The summed E-state index contributed by atoms with van der Waals surface area (Å²) in [5.74, 6) is 0.0694. The van der Waals surface area contributed by atoms with E-state index in [4.69, 9.17) is 11.6 Å². The standard InChI is InChI=1S/C9H12ClN3O4S/c1-6(5-18(2,16)17)11-9-4-7(13(14)15)3-8(10)12-9/h3-4,6H,5H2,1-2H3,(H,11,12). The van der Waals surface area contributed by atoms with Gasteiger partial charge in [0.15, 0.2) is 0 Å². The Kier molecular flexibility index (Phi) is 4.47. The van der Waals surface area contributed by atoms with Gasteiger partial charge in [0.05, 0.1) is 22.8 Å². The SMILES string of the molecule is CC(CS(C)(=O)=O)Nc1cc([N+](=O)[O-])cc(Cl)n1. The van der Waals surface area contributed by atoms with E-state index < -0.39 is 20.8 Å². The van der Waals surface area contributed by atoms with E-state index in [-0.39, 0.29) is 22.4 Å². The first-order chi connectivity index (χ1) is 8.17. The number of hydrogen-bond donors (Lipinski definition) is 1. The normalized spacial score (nSPS) is 13.1. The van der Waals surface area contributed by atoms with Crippen LogP contribution in [0.15, 0.2) is 12.1 Å². The number of nitro groups is 1. The quantitative estimate of drug-likeness (QED) is 0.501. The lowest BCUT2D eigenvalue weighted by Crippen LogP contribution is -2.25. The molecule has 1 unspecified atom stereocenters. The second-order valence-electron chi connectivity index (χ2n) is 3.93. The van der Waals surface area contributed by atoms with E-state index in [1.54, 1.807) is 6.92 Å². The molecule has 9 heteroatoms. The fourth-order valence-electron chi connectivity index (χ4n) is 1.41. The van der Waals surface area contributed by atoms with Crippen molar-refractivity contribution < 1.29 is 13.3 Å². The first-order valence-electron chi connectivity index (χ1n) is 4.93. The van der Waals surface area contributed by atoms with Gasteiger partial charge in [-0.25, -0.2) is 13.4 Å². The first kappa shape index (κ1) is 14.7. The molecule has 0 amide bonds. The fourth-order valence-corrected chi connectivity index (χ4v) is 2.61.